The van der Waals surface area contributed by atoms with Crippen molar-refractivity contribution in [3.63, 3.8) is 0 Å². The monoisotopic (exact) mass is 219 g/mol. The molecule has 0 bridgehead atoms. The Bertz CT molecular complexity index is 320. The Balaban J connectivity index is 2.05. The Labute approximate surface area is 97.2 Å². The minimum Gasteiger partial charge on any atom is -0.330 e. The zero-order valence-corrected chi connectivity index (χ0v) is 9.65. The molecule has 1 aliphatic rings. The Morgan fingerprint density at radius 3 is 2.50 bits per heavy atom. The van der Waals surface area contributed by atoms with Crippen molar-refractivity contribution in [3.05, 3.63) is 35.4 Å². The zero-order chi connectivity index (χ0) is 11.4. The normalized spacial score (nSPS) is 25.6. The molecule has 1 aromatic carbocycles. The van der Waals surface area contributed by atoms with Crippen LogP contribution >= 0.6 is 0 Å². The predicted molar refractivity (Wildman–Crippen MR) is 67.1 cm³/mol. The van der Waals surface area contributed by atoms with E-state index in [9.17, 15) is 0 Å². The first-order chi connectivity index (χ1) is 7.83. The summed E-state index contributed by atoms with van der Waals surface area (Å²) >= 11 is 0. The molecule has 0 spiro atoms. The van der Waals surface area contributed by atoms with Gasteiger partial charge in [0.05, 0.1) is 0 Å². The molecule has 1 aromatic rings. The average molecular weight is 219 g/mol. The molecule has 88 valence electrons. The molecule has 1 saturated heterocycles. The number of rotatable bonds is 3. The highest BCUT2D eigenvalue weighted by Gasteiger charge is 2.21. The second-order valence-electron chi connectivity index (χ2n) is 4.64. The molecule has 1 fully saturated rings. The maximum Gasteiger partial charge on any atom is 0.0178 e. The largest absolute Gasteiger partial charge is 0.330 e. The predicted octanol–water partition coefficient (Wildman–Crippen LogP) is 0.797. The van der Waals surface area contributed by atoms with E-state index in [0.29, 0.717) is 18.4 Å². The fourth-order valence-electron chi connectivity index (χ4n) is 2.39. The smallest absolute Gasteiger partial charge is 0.0178 e. The van der Waals surface area contributed by atoms with Crippen molar-refractivity contribution in [2.45, 2.75) is 18.9 Å². The third kappa shape index (κ3) is 2.61. The number of hydrogen-bond acceptors (Lipinski definition) is 3. The van der Waals surface area contributed by atoms with Gasteiger partial charge in [-0.3, -0.25) is 0 Å². The fourth-order valence-corrected chi connectivity index (χ4v) is 2.39. The number of nitrogens with one attached hydrogen (secondary N) is 1. The fraction of sp³-hybridized carbons (Fsp3) is 0.538. The van der Waals surface area contributed by atoms with Gasteiger partial charge in [0, 0.05) is 13.1 Å². The number of benzene rings is 1. The number of hydrogen-bond donors (Lipinski definition) is 3. The summed E-state index contributed by atoms with van der Waals surface area (Å²) in [4.78, 5) is 0. The van der Waals surface area contributed by atoms with Crippen molar-refractivity contribution < 1.29 is 0 Å². The highest BCUT2D eigenvalue weighted by molar-refractivity contribution is 5.26. The van der Waals surface area contributed by atoms with E-state index < -0.39 is 0 Å². The Morgan fingerprint density at radius 1 is 1.12 bits per heavy atom. The van der Waals surface area contributed by atoms with Crippen molar-refractivity contribution >= 4 is 0 Å². The van der Waals surface area contributed by atoms with Gasteiger partial charge in [-0.1, -0.05) is 24.3 Å². The maximum atomic E-state index is 5.73. The molecule has 3 nitrogen and oxygen atoms in total. The Hall–Kier alpha value is -0.900. The van der Waals surface area contributed by atoms with Gasteiger partial charge in [0.25, 0.3) is 0 Å². The lowest BCUT2D eigenvalue weighted by Gasteiger charge is -2.29. The van der Waals surface area contributed by atoms with Crippen LogP contribution in [-0.2, 0) is 6.54 Å². The lowest BCUT2D eigenvalue weighted by atomic mass is 9.85. The summed E-state index contributed by atoms with van der Waals surface area (Å²) in [5, 5.41) is 3.46. The van der Waals surface area contributed by atoms with Crippen LogP contribution in [0.2, 0.25) is 0 Å². The molecule has 0 saturated carbocycles. The van der Waals surface area contributed by atoms with Crippen LogP contribution in [0.1, 0.15) is 23.5 Å². The Kier molecular flexibility index (Phi) is 3.93. The van der Waals surface area contributed by atoms with Gasteiger partial charge in [-0.2, -0.15) is 0 Å². The Morgan fingerprint density at radius 2 is 1.88 bits per heavy atom. The molecule has 0 amide bonds. The van der Waals surface area contributed by atoms with Crippen LogP contribution in [0, 0.1) is 5.92 Å². The van der Waals surface area contributed by atoms with Gasteiger partial charge in [-0.05, 0) is 42.5 Å². The summed E-state index contributed by atoms with van der Waals surface area (Å²) in [5.41, 5.74) is 13.9. The topological polar surface area (TPSA) is 64.1 Å². The summed E-state index contributed by atoms with van der Waals surface area (Å²) in [7, 11) is 0. The molecule has 0 aromatic heterocycles. The molecule has 1 heterocycles. The SMILES string of the molecule is NCc1ccc(C2CNCC(CN)C2)cc1. The third-order valence-corrected chi connectivity index (χ3v) is 3.46. The minimum absolute atomic E-state index is 0.606. The molecular weight excluding hydrogens is 198 g/mol. The summed E-state index contributed by atoms with van der Waals surface area (Å²) < 4.78 is 0. The van der Waals surface area contributed by atoms with Crippen molar-refractivity contribution in [2.75, 3.05) is 19.6 Å². The highest BCUT2D eigenvalue weighted by Crippen LogP contribution is 2.26. The molecule has 1 aliphatic heterocycles. The molecule has 2 atom stereocenters. The second-order valence-corrected chi connectivity index (χ2v) is 4.64. The highest BCUT2D eigenvalue weighted by atomic mass is 14.9. The lowest BCUT2D eigenvalue weighted by molar-refractivity contribution is 0.348. The van der Waals surface area contributed by atoms with Crippen LogP contribution in [0.3, 0.4) is 0 Å². The van der Waals surface area contributed by atoms with Crippen LogP contribution in [-0.4, -0.2) is 19.6 Å². The summed E-state index contributed by atoms with van der Waals surface area (Å²) in [6, 6.07) is 8.66. The molecule has 2 rings (SSSR count). The quantitative estimate of drug-likeness (QED) is 0.704. The van der Waals surface area contributed by atoms with Crippen molar-refractivity contribution in [3.8, 4) is 0 Å². The van der Waals surface area contributed by atoms with Crippen molar-refractivity contribution in [1.29, 1.82) is 0 Å². The van der Waals surface area contributed by atoms with Crippen LogP contribution < -0.4 is 16.8 Å². The first-order valence-electron chi connectivity index (χ1n) is 6.03. The summed E-state index contributed by atoms with van der Waals surface area (Å²) in [6.07, 6.45) is 1.20. The summed E-state index contributed by atoms with van der Waals surface area (Å²) in [5.74, 6) is 1.22. The second kappa shape index (κ2) is 5.43. The molecule has 16 heavy (non-hydrogen) atoms. The molecule has 0 radical (unpaired) electrons. The van der Waals surface area contributed by atoms with Gasteiger partial charge >= 0.3 is 0 Å². The van der Waals surface area contributed by atoms with E-state index in [1.165, 1.54) is 17.5 Å². The van der Waals surface area contributed by atoms with Crippen LogP contribution in [0.5, 0.6) is 0 Å². The van der Waals surface area contributed by atoms with E-state index in [4.69, 9.17) is 11.5 Å². The standard InChI is InChI=1S/C13H21N3/c14-6-10-1-3-12(4-2-10)13-5-11(7-15)8-16-9-13/h1-4,11,13,16H,5-9,14-15H2. The number of piperidine rings is 1. The van der Waals surface area contributed by atoms with E-state index in [1.807, 2.05) is 0 Å². The van der Waals surface area contributed by atoms with Gasteiger partial charge in [0.15, 0.2) is 0 Å². The number of nitrogens with two attached hydrogens (primary N) is 2. The molecule has 5 N–H and O–H groups in total. The minimum atomic E-state index is 0.606. The molecular formula is C13H21N3. The van der Waals surface area contributed by atoms with E-state index >= 15 is 0 Å². The van der Waals surface area contributed by atoms with Crippen LogP contribution in [0.15, 0.2) is 24.3 Å². The van der Waals surface area contributed by atoms with Crippen LogP contribution in [0.4, 0.5) is 0 Å². The first kappa shape index (κ1) is 11.6. The van der Waals surface area contributed by atoms with E-state index in [1.54, 1.807) is 0 Å². The molecule has 2 unspecified atom stereocenters. The average Bonchev–Trinajstić information content (AvgIpc) is 2.39. The van der Waals surface area contributed by atoms with Gasteiger partial charge in [0.2, 0.25) is 0 Å². The van der Waals surface area contributed by atoms with Gasteiger partial charge in [-0.25, -0.2) is 0 Å². The molecule has 3 heteroatoms. The van der Waals surface area contributed by atoms with Crippen molar-refractivity contribution in [2.24, 2.45) is 17.4 Å². The van der Waals surface area contributed by atoms with Gasteiger partial charge in [-0.15, -0.1) is 0 Å². The molecule has 0 aliphatic carbocycles. The first-order valence-corrected chi connectivity index (χ1v) is 6.03. The lowest BCUT2D eigenvalue weighted by Crippen LogP contribution is -2.38. The zero-order valence-electron chi connectivity index (χ0n) is 9.65. The van der Waals surface area contributed by atoms with E-state index in [2.05, 4.69) is 29.6 Å². The van der Waals surface area contributed by atoms with Crippen LogP contribution in [0.25, 0.3) is 0 Å². The maximum absolute atomic E-state index is 5.73. The van der Waals surface area contributed by atoms with Gasteiger partial charge in [0.1, 0.15) is 0 Å². The third-order valence-electron chi connectivity index (χ3n) is 3.46. The van der Waals surface area contributed by atoms with E-state index in [0.717, 1.165) is 19.6 Å². The summed E-state index contributed by atoms with van der Waals surface area (Å²) in [6.45, 7) is 3.53. The van der Waals surface area contributed by atoms with Gasteiger partial charge < -0.3 is 16.8 Å². The van der Waals surface area contributed by atoms with Crippen molar-refractivity contribution in [1.82, 2.24) is 5.32 Å². The van der Waals surface area contributed by atoms with E-state index in [-0.39, 0.29) is 0 Å².